The van der Waals surface area contributed by atoms with Crippen LogP contribution in [0.2, 0.25) is 0 Å². The van der Waals surface area contributed by atoms with E-state index in [0.29, 0.717) is 11.8 Å². The molecule has 0 aromatic rings. The van der Waals surface area contributed by atoms with Crippen LogP contribution in [-0.4, -0.2) is 27.7 Å². The molecule has 1 aliphatic heterocycles. The molecule has 0 aromatic heterocycles. The van der Waals surface area contributed by atoms with Gasteiger partial charge in [-0.1, -0.05) is 11.9 Å². The Bertz CT molecular complexity index is 194. The smallest absolute Gasteiger partial charge is 0.222 e. The number of carbonyl (C=O) groups is 1. The van der Waals surface area contributed by atoms with Gasteiger partial charge in [0, 0.05) is 18.9 Å². The van der Waals surface area contributed by atoms with Gasteiger partial charge in [0.2, 0.25) is 5.91 Å². The zero-order valence-corrected chi connectivity index (χ0v) is 7.96. The molecule has 0 radical (unpaired) electrons. The molecule has 6 heteroatoms. The molecular formula is C5H9N3OS2. The lowest BCUT2D eigenvalue weighted by Crippen LogP contribution is -2.24. The van der Waals surface area contributed by atoms with Gasteiger partial charge in [-0.15, -0.1) is 0 Å². The highest BCUT2D eigenvalue weighted by atomic mass is 32.2. The fourth-order valence-electron chi connectivity index (χ4n) is 0.584. The van der Waals surface area contributed by atoms with Crippen LogP contribution >= 0.6 is 23.9 Å². The van der Waals surface area contributed by atoms with Gasteiger partial charge < -0.3 is 5.32 Å². The Hall–Kier alpha value is -0.200. The minimum atomic E-state index is -0.0702. The fraction of sp³-hybridized carbons (Fsp3) is 0.600. The summed E-state index contributed by atoms with van der Waals surface area (Å²) in [6, 6.07) is 0. The Kier molecular flexibility index (Phi) is 3.22. The van der Waals surface area contributed by atoms with E-state index in [4.69, 9.17) is 0 Å². The number of carbonyl (C=O) groups excluding carboxylic acids is 1. The van der Waals surface area contributed by atoms with E-state index in [1.54, 1.807) is 11.9 Å². The molecule has 0 fully saturated rings. The second kappa shape index (κ2) is 3.99. The number of nitrogens with one attached hydrogen (secondary N) is 1. The molecule has 1 aliphatic rings. The number of aliphatic imine (C=N–C) groups is 1. The average molecular weight is 191 g/mol. The van der Waals surface area contributed by atoms with E-state index in [-0.39, 0.29) is 5.91 Å². The Balaban J connectivity index is 2.34. The van der Waals surface area contributed by atoms with Crippen molar-refractivity contribution in [2.24, 2.45) is 4.99 Å². The third kappa shape index (κ3) is 2.72. The van der Waals surface area contributed by atoms with Crippen molar-refractivity contribution in [3.8, 4) is 0 Å². The molecule has 0 saturated heterocycles. The molecule has 11 heavy (non-hydrogen) atoms. The van der Waals surface area contributed by atoms with E-state index < -0.39 is 0 Å². The Morgan fingerprint density at radius 2 is 2.64 bits per heavy atom. The zero-order chi connectivity index (χ0) is 8.27. The van der Waals surface area contributed by atoms with Gasteiger partial charge in [-0.2, -0.15) is 3.71 Å². The molecule has 4 nitrogen and oxygen atoms in total. The molecule has 1 amide bonds. The summed E-state index contributed by atoms with van der Waals surface area (Å²) >= 11 is 3.05. The molecule has 0 aliphatic carbocycles. The van der Waals surface area contributed by atoms with Gasteiger partial charge in [0.1, 0.15) is 6.67 Å². The number of hydrogen-bond donors (Lipinski definition) is 1. The van der Waals surface area contributed by atoms with Crippen LogP contribution in [-0.2, 0) is 4.79 Å². The molecule has 1 heterocycles. The van der Waals surface area contributed by atoms with Crippen molar-refractivity contribution in [1.29, 1.82) is 0 Å². The van der Waals surface area contributed by atoms with Gasteiger partial charge in [0.15, 0.2) is 5.17 Å². The van der Waals surface area contributed by atoms with Crippen LogP contribution in [0.3, 0.4) is 0 Å². The van der Waals surface area contributed by atoms with Crippen LogP contribution in [0.1, 0.15) is 6.92 Å². The molecule has 0 aromatic carbocycles. The summed E-state index contributed by atoms with van der Waals surface area (Å²) in [5.41, 5.74) is 0. The second-order valence-electron chi connectivity index (χ2n) is 1.89. The highest BCUT2D eigenvalue weighted by Crippen LogP contribution is 2.24. The lowest BCUT2D eigenvalue weighted by Gasteiger charge is -2.06. The standard InChI is InChI=1S/C5H9N3OS2/c1-4(9)7-5-6-3-8(10-2)11-5/h3H2,1-2H3,(H,6,7,9). The van der Waals surface area contributed by atoms with E-state index in [9.17, 15) is 4.79 Å². The second-order valence-corrected chi connectivity index (χ2v) is 3.94. The summed E-state index contributed by atoms with van der Waals surface area (Å²) in [7, 11) is 0. The molecule has 0 spiro atoms. The summed E-state index contributed by atoms with van der Waals surface area (Å²) in [5.74, 6) is -0.0702. The monoisotopic (exact) mass is 191 g/mol. The topological polar surface area (TPSA) is 44.7 Å². The summed E-state index contributed by atoms with van der Waals surface area (Å²) in [6.07, 6.45) is 1.97. The lowest BCUT2D eigenvalue weighted by atomic mass is 10.7. The molecule has 0 saturated carbocycles. The van der Waals surface area contributed by atoms with Crippen molar-refractivity contribution < 1.29 is 4.79 Å². The van der Waals surface area contributed by atoms with Crippen molar-refractivity contribution >= 4 is 35.0 Å². The van der Waals surface area contributed by atoms with Gasteiger partial charge in [-0.3, -0.25) is 4.79 Å². The van der Waals surface area contributed by atoms with E-state index >= 15 is 0 Å². The van der Waals surface area contributed by atoms with Crippen LogP contribution in [0.5, 0.6) is 0 Å². The number of rotatable bonds is 1. The molecule has 1 N–H and O–H groups in total. The van der Waals surface area contributed by atoms with Crippen molar-refractivity contribution in [2.75, 3.05) is 12.9 Å². The number of hydrogen-bond acceptors (Lipinski definition) is 5. The Morgan fingerprint density at radius 1 is 1.91 bits per heavy atom. The summed E-state index contributed by atoms with van der Waals surface area (Å²) in [6.45, 7) is 2.12. The van der Waals surface area contributed by atoms with Crippen LogP contribution in [0.4, 0.5) is 0 Å². The first-order valence-electron chi connectivity index (χ1n) is 3.04. The molecule has 0 atom stereocenters. The molecule has 62 valence electrons. The highest BCUT2D eigenvalue weighted by molar-refractivity contribution is 8.20. The number of amides is 1. The minimum Gasteiger partial charge on any atom is -0.305 e. The van der Waals surface area contributed by atoms with Crippen LogP contribution in [0.25, 0.3) is 0 Å². The van der Waals surface area contributed by atoms with Crippen LogP contribution < -0.4 is 5.32 Å². The first kappa shape index (κ1) is 8.89. The quantitative estimate of drug-likeness (QED) is 0.619. The van der Waals surface area contributed by atoms with Crippen LogP contribution in [0, 0.1) is 0 Å². The van der Waals surface area contributed by atoms with Gasteiger partial charge in [0.05, 0.1) is 0 Å². The maximum atomic E-state index is 10.6. The maximum Gasteiger partial charge on any atom is 0.222 e. The Labute approximate surface area is 74.1 Å². The van der Waals surface area contributed by atoms with E-state index in [2.05, 4.69) is 10.3 Å². The number of amidine groups is 1. The summed E-state index contributed by atoms with van der Waals surface area (Å²) in [4.78, 5) is 14.6. The van der Waals surface area contributed by atoms with Crippen molar-refractivity contribution in [3.05, 3.63) is 0 Å². The largest absolute Gasteiger partial charge is 0.305 e. The predicted molar refractivity (Wildman–Crippen MR) is 49.1 cm³/mol. The van der Waals surface area contributed by atoms with Crippen molar-refractivity contribution in [3.63, 3.8) is 0 Å². The summed E-state index contributed by atoms with van der Waals surface area (Å²) in [5, 5.41) is 3.31. The third-order valence-electron chi connectivity index (χ3n) is 1.00. The SMILES string of the molecule is CSN1CN=C(NC(C)=O)S1. The first-order chi connectivity index (χ1) is 5.22. The van der Waals surface area contributed by atoms with Crippen LogP contribution in [0.15, 0.2) is 4.99 Å². The maximum absolute atomic E-state index is 10.6. The molecular weight excluding hydrogens is 182 g/mol. The predicted octanol–water partition coefficient (Wildman–Crippen LogP) is 0.678. The normalized spacial score (nSPS) is 18.2. The third-order valence-corrected chi connectivity index (χ3v) is 2.92. The van der Waals surface area contributed by atoms with E-state index in [1.165, 1.54) is 18.9 Å². The van der Waals surface area contributed by atoms with E-state index in [1.807, 2.05) is 9.97 Å². The first-order valence-corrected chi connectivity index (χ1v) is 4.99. The van der Waals surface area contributed by atoms with Gasteiger partial charge >= 0.3 is 0 Å². The molecule has 0 bridgehead atoms. The van der Waals surface area contributed by atoms with Gasteiger partial charge in [-0.25, -0.2) is 4.99 Å². The average Bonchev–Trinajstić information content (AvgIpc) is 2.34. The Morgan fingerprint density at radius 3 is 3.09 bits per heavy atom. The molecule has 0 unspecified atom stereocenters. The number of nitrogens with zero attached hydrogens (tertiary/aromatic N) is 2. The lowest BCUT2D eigenvalue weighted by molar-refractivity contribution is -0.117. The highest BCUT2D eigenvalue weighted by Gasteiger charge is 2.16. The van der Waals surface area contributed by atoms with E-state index in [0.717, 1.165) is 0 Å². The summed E-state index contributed by atoms with van der Waals surface area (Å²) < 4.78 is 1.98. The van der Waals surface area contributed by atoms with Crippen molar-refractivity contribution in [2.45, 2.75) is 6.92 Å². The van der Waals surface area contributed by atoms with Gasteiger partial charge in [-0.05, 0) is 6.26 Å². The van der Waals surface area contributed by atoms with Gasteiger partial charge in [0.25, 0.3) is 0 Å². The molecule has 1 rings (SSSR count). The van der Waals surface area contributed by atoms with Crippen molar-refractivity contribution in [1.82, 2.24) is 9.03 Å². The zero-order valence-electron chi connectivity index (χ0n) is 6.33. The minimum absolute atomic E-state index is 0.0702. The fourth-order valence-corrected chi connectivity index (χ4v) is 1.88.